The van der Waals surface area contributed by atoms with Crippen LogP contribution in [0.5, 0.6) is 11.5 Å². The molecule has 4 heterocycles. The molecule has 0 amide bonds. The van der Waals surface area contributed by atoms with E-state index < -0.39 is 6.10 Å². The number of ether oxygens (including phenoxy) is 4. The number of carbonyl (C=O) groups is 1. The van der Waals surface area contributed by atoms with E-state index >= 15 is 0 Å². The molecule has 1 N–H and O–H groups in total. The number of para-hydroxylation sites is 1. The first-order valence-electron chi connectivity index (χ1n) is 15.2. The topological polar surface area (TPSA) is 72.5 Å². The molecule has 0 radical (unpaired) electrons. The number of rotatable bonds is 7. The molecule has 3 aromatic carbocycles. The van der Waals surface area contributed by atoms with Crippen molar-refractivity contribution in [1.82, 2.24) is 4.90 Å². The van der Waals surface area contributed by atoms with Gasteiger partial charge in [0.25, 0.3) is 0 Å². The Balaban J connectivity index is 1.03. The summed E-state index contributed by atoms with van der Waals surface area (Å²) in [6.07, 6.45) is 2.82. The summed E-state index contributed by atoms with van der Waals surface area (Å²) in [5.41, 5.74) is 5.15. The zero-order valence-corrected chi connectivity index (χ0v) is 24.7. The predicted molar refractivity (Wildman–Crippen MR) is 162 cm³/mol. The largest absolute Gasteiger partial charge is 0.485 e. The lowest BCUT2D eigenvalue weighted by atomic mass is 9.88. The van der Waals surface area contributed by atoms with E-state index in [1.165, 1.54) is 7.11 Å². The van der Waals surface area contributed by atoms with Crippen molar-refractivity contribution in [2.45, 2.75) is 50.5 Å². The number of fused-ring (bicyclic) bond motifs is 2. The number of nitrogens with one attached hydrogen (secondary N) is 1. The first kappa shape index (κ1) is 28.0. The van der Waals surface area contributed by atoms with Crippen LogP contribution in [0, 0.1) is 12.7 Å². The molecule has 2 saturated heterocycles. The van der Waals surface area contributed by atoms with Crippen LogP contribution in [-0.4, -0.2) is 69.6 Å². The lowest BCUT2D eigenvalue weighted by Crippen LogP contribution is -2.51. The van der Waals surface area contributed by atoms with Gasteiger partial charge in [-0.2, -0.15) is 0 Å². The van der Waals surface area contributed by atoms with Gasteiger partial charge in [-0.15, -0.1) is 0 Å². The van der Waals surface area contributed by atoms with E-state index in [0.717, 1.165) is 86.0 Å². The molecular formula is C34H38FN3O5. The molecule has 3 aromatic rings. The highest BCUT2D eigenvalue weighted by molar-refractivity contribution is 5.93. The summed E-state index contributed by atoms with van der Waals surface area (Å²) in [5, 5.41) is 3.69. The molecule has 4 aliphatic heterocycles. The molecule has 4 aliphatic rings. The maximum absolute atomic E-state index is 14.8. The molecule has 2 fully saturated rings. The Kier molecular flexibility index (Phi) is 7.61. The number of hydrogen-bond donors (Lipinski definition) is 1. The second-order valence-corrected chi connectivity index (χ2v) is 12.0. The standard InChI is InChI=1S/C34H38FN3O5/c1-21-6-8-26(27(35)16-21)31-20-42-30-5-3-4-25(33(30)43-31)22-10-13-37(14-11-22)19-32-36-28-9-7-23(34(39)40-2)17-29(28)38(32)18-24-12-15-41-24/h3-9,16-17,22,24,31-32,36H,10-15,18-20H2,1-2H3. The number of likely N-dealkylation sites (tertiary alicyclic amines) is 1. The average molecular weight is 588 g/mol. The Bertz CT molecular complexity index is 1500. The summed E-state index contributed by atoms with van der Waals surface area (Å²) in [6, 6.07) is 17.1. The van der Waals surface area contributed by atoms with Crippen LogP contribution >= 0.6 is 0 Å². The number of hydrogen-bond acceptors (Lipinski definition) is 8. The van der Waals surface area contributed by atoms with E-state index in [1.807, 2.05) is 43.3 Å². The Morgan fingerprint density at radius 3 is 2.63 bits per heavy atom. The minimum atomic E-state index is -0.477. The predicted octanol–water partition coefficient (Wildman–Crippen LogP) is 5.66. The summed E-state index contributed by atoms with van der Waals surface area (Å²) in [5.74, 6) is 1.22. The van der Waals surface area contributed by atoms with Crippen molar-refractivity contribution in [1.29, 1.82) is 0 Å². The number of anilines is 2. The number of methoxy groups -OCH3 is 1. The van der Waals surface area contributed by atoms with Crippen LogP contribution < -0.4 is 19.7 Å². The number of piperidine rings is 1. The van der Waals surface area contributed by atoms with E-state index in [2.05, 4.69) is 21.2 Å². The maximum atomic E-state index is 14.8. The number of esters is 1. The summed E-state index contributed by atoms with van der Waals surface area (Å²) in [6.45, 7) is 6.49. The highest BCUT2D eigenvalue weighted by Crippen LogP contribution is 2.45. The highest BCUT2D eigenvalue weighted by Gasteiger charge is 2.36. The first-order valence-corrected chi connectivity index (χ1v) is 15.2. The molecule has 3 atom stereocenters. The highest BCUT2D eigenvalue weighted by atomic mass is 19.1. The van der Waals surface area contributed by atoms with Crippen molar-refractivity contribution >= 4 is 17.3 Å². The fourth-order valence-corrected chi connectivity index (χ4v) is 6.73. The second kappa shape index (κ2) is 11.7. The molecule has 0 aromatic heterocycles. The summed E-state index contributed by atoms with van der Waals surface area (Å²) >= 11 is 0. The lowest BCUT2D eigenvalue weighted by Gasteiger charge is -2.39. The third-order valence-corrected chi connectivity index (χ3v) is 9.24. The van der Waals surface area contributed by atoms with Gasteiger partial charge in [0, 0.05) is 30.8 Å². The number of aryl methyl sites for hydroxylation is 1. The van der Waals surface area contributed by atoms with Crippen molar-refractivity contribution in [2.75, 3.05) is 56.7 Å². The fraction of sp³-hybridized carbons (Fsp3) is 0.441. The average Bonchev–Trinajstić information content (AvgIpc) is 3.34. The smallest absolute Gasteiger partial charge is 0.337 e. The Morgan fingerprint density at radius 1 is 1.05 bits per heavy atom. The molecule has 0 spiro atoms. The Morgan fingerprint density at radius 2 is 1.88 bits per heavy atom. The summed E-state index contributed by atoms with van der Waals surface area (Å²) in [7, 11) is 1.41. The van der Waals surface area contributed by atoms with Gasteiger partial charge in [-0.25, -0.2) is 9.18 Å². The van der Waals surface area contributed by atoms with Crippen LogP contribution in [0.15, 0.2) is 54.6 Å². The Labute approximate surface area is 251 Å². The normalized spacial score (nSPS) is 23.3. The van der Waals surface area contributed by atoms with Gasteiger partial charge in [0.15, 0.2) is 17.6 Å². The van der Waals surface area contributed by atoms with Crippen LogP contribution in [0.3, 0.4) is 0 Å². The van der Waals surface area contributed by atoms with Gasteiger partial charge in [-0.3, -0.25) is 4.90 Å². The van der Waals surface area contributed by atoms with E-state index in [9.17, 15) is 9.18 Å². The monoisotopic (exact) mass is 587 g/mol. The second-order valence-electron chi connectivity index (χ2n) is 12.0. The number of halogens is 1. The fourth-order valence-electron chi connectivity index (χ4n) is 6.73. The van der Waals surface area contributed by atoms with E-state index in [4.69, 9.17) is 18.9 Å². The first-order chi connectivity index (χ1) is 21.0. The van der Waals surface area contributed by atoms with Gasteiger partial charge in [-0.1, -0.05) is 24.3 Å². The van der Waals surface area contributed by atoms with Gasteiger partial charge in [0.1, 0.15) is 18.6 Å². The molecular weight excluding hydrogens is 549 g/mol. The molecule has 8 nitrogen and oxygen atoms in total. The lowest BCUT2D eigenvalue weighted by molar-refractivity contribution is -0.0452. The summed E-state index contributed by atoms with van der Waals surface area (Å²) < 4.78 is 38.1. The van der Waals surface area contributed by atoms with Crippen molar-refractivity contribution in [3.63, 3.8) is 0 Å². The molecule has 0 bridgehead atoms. The molecule has 43 heavy (non-hydrogen) atoms. The van der Waals surface area contributed by atoms with Crippen LogP contribution in [0.4, 0.5) is 15.8 Å². The van der Waals surface area contributed by atoms with Gasteiger partial charge in [-0.05, 0) is 81.1 Å². The Hall–Kier alpha value is -3.82. The number of benzene rings is 3. The van der Waals surface area contributed by atoms with Gasteiger partial charge in [0.05, 0.1) is 30.2 Å². The van der Waals surface area contributed by atoms with Gasteiger partial charge >= 0.3 is 5.97 Å². The molecule has 9 heteroatoms. The third-order valence-electron chi connectivity index (χ3n) is 9.24. The maximum Gasteiger partial charge on any atom is 0.337 e. The van der Waals surface area contributed by atoms with Crippen molar-refractivity contribution in [3.05, 3.63) is 82.7 Å². The molecule has 226 valence electrons. The number of nitrogens with zero attached hydrogens (tertiary/aromatic N) is 2. The van der Waals surface area contributed by atoms with Gasteiger partial charge < -0.3 is 29.2 Å². The van der Waals surface area contributed by atoms with Crippen molar-refractivity contribution in [3.8, 4) is 11.5 Å². The zero-order valence-electron chi connectivity index (χ0n) is 24.7. The van der Waals surface area contributed by atoms with Crippen molar-refractivity contribution < 1.29 is 28.1 Å². The zero-order chi connectivity index (χ0) is 29.5. The quantitative estimate of drug-likeness (QED) is 0.355. The van der Waals surface area contributed by atoms with E-state index in [0.29, 0.717) is 17.0 Å². The third kappa shape index (κ3) is 5.52. The molecule has 0 aliphatic carbocycles. The van der Waals surface area contributed by atoms with Crippen LogP contribution in [0.1, 0.15) is 58.3 Å². The van der Waals surface area contributed by atoms with Crippen molar-refractivity contribution in [2.24, 2.45) is 0 Å². The number of carbonyl (C=O) groups excluding carboxylic acids is 1. The summed E-state index contributed by atoms with van der Waals surface area (Å²) in [4.78, 5) is 17.1. The minimum absolute atomic E-state index is 0.0787. The van der Waals surface area contributed by atoms with Gasteiger partial charge in [0.2, 0.25) is 0 Å². The molecule has 3 unspecified atom stereocenters. The SMILES string of the molecule is COC(=O)c1ccc2c(c1)N(CC1CCO1)C(CN1CCC(c3cccc4c3OC(c3ccc(C)cc3F)CO4)CC1)N2. The molecule has 7 rings (SSSR count). The van der Waals surface area contributed by atoms with Crippen LogP contribution in [-0.2, 0) is 9.47 Å². The van der Waals surface area contributed by atoms with E-state index in [-0.39, 0.29) is 30.7 Å². The minimum Gasteiger partial charge on any atom is -0.485 e. The van der Waals surface area contributed by atoms with Crippen LogP contribution in [0.25, 0.3) is 0 Å². The molecule has 0 saturated carbocycles. The van der Waals surface area contributed by atoms with E-state index in [1.54, 1.807) is 12.1 Å². The van der Waals surface area contributed by atoms with Crippen LogP contribution in [0.2, 0.25) is 0 Å².